The third-order valence-corrected chi connectivity index (χ3v) is 3.88. The van der Waals surface area contributed by atoms with E-state index in [0.29, 0.717) is 28.2 Å². The van der Waals surface area contributed by atoms with Gasteiger partial charge in [-0.3, -0.25) is 19.1 Å². The predicted octanol–water partition coefficient (Wildman–Crippen LogP) is 4.88. The summed E-state index contributed by atoms with van der Waals surface area (Å²) < 4.78 is 9.51. The summed E-state index contributed by atoms with van der Waals surface area (Å²) in [5.74, 6) is 0.266. The molecule has 164 valence electrons. The summed E-state index contributed by atoms with van der Waals surface area (Å²) in [5.41, 5.74) is 1.89. The number of hydrogen-bond donors (Lipinski definition) is 2. The van der Waals surface area contributed by atoms with Gasteiger partial charge >= 0.3 is 5.20 Å². The Morgan fingerprint density at radius 3 is 2.41 bits per heavy atom. The molecule has 4 rings (SSSR count). The summed E-state index contributed by atoms with van der Waals surface area (Å²) in [7, 11) is 0. The Morgan fingerprint density at radius 1 is 1.03 bits per heavy atom. The van der Waals surface area contributed by atoms with Crippen molar-refractivity contribution < 1.29 is 9.36 Å². The Morgan fingerprint density at radius 2 is 1.75 bits per heavy atom. The maximum Gasteiger partial charge on any atom is 0.339 e. The Bertz CT molecular complexity index is 1320. The minimum Gasteiger partial charge on any atom is -0.362 e. The molecule has 0 spiro atoms. The molecule has 0 aliphatic heterocycles. The van der Waals surface area contributed by atoms with Crippen LogP contribution in [0.15, 0.2) is 65.8 Å². The van der Waals surface area contributed by atoms with Crippen molar-refractivity contribution >= 4 is 61.7 Å². The molecule has 0 aliphatic carbocycles. The largest absolute Gasteiger partial charge is 0.362 e. The van der Waals surface area contributed by atoms with Gasteiger partial charge in [-0.25, -0.2) is 15.0 Å². The second-order valence-corrected chi connectivity index (χ2v) is 12.8. The van der Waals surface area contributed by atoms with Crippen LogP contribution in [0.3, 0.4) is 0 Å². The first-order valence-electron chi connectivity index (χ1n) is 8.89. The van der Waals surface area contributed by atoms with E-state index in [1.165, 1.54) is 18.6 Å². The Balaban J connectivity index is 0.000000523. The fraction of sp³-hybridized carbons (Fsp3) is 0.0526. The van der Waals surface area contributed by atoms with Crippen LogP contribution in [0.25, 0.3) is 22.4 Å². The van der Waals surface area contributed by atoms with Crippen molar-refractivity contribution in [3.05, 3.63) is 77.1 Å². The number of pyridine rings is 1. The van der Waals surface area contributed by atoms with Crippen LogP contribution < -0.4 is 10.9 Å². The smallest absolute Gasteiger partial charge is 0.339 e. The number of aromatic nitrogens is 5. The van der Waals surface area contributed by atoms with E-state index in [-0.39, 0.29) is 23.6 Å². The number of H-pyrrole nitrogens is 1. The lowest BCUT2D eigenvalue weighted by atomic mass is 10.1. The average Bonchev–Trinajstić information content (AvgIpc) is 2.77. The molecule has 32 heavy (non-hydrogen) atoms. The quantitative estimate of drug-likeness (QED) is 0.286. The highest BCUT2D eigenvalue weighted by Crippen LogP contribution is 2.61. The van der Waals surface area contributed by atoms with E-state index in [9.17, 15) is 14.2 Å². The van der Waals surface area contributed by atoms with Gasteiger partial charge in [0.15, 0.2) is 5.65 Å². The van der Waals surface area contributed by atoms with Gasteiger partial charge in [0.05, 0.1) is 18.3 Å². The zero-order valence-electron chi connectivity index (χ0n) is 16.1. The lowest BCUT2D eigenvalue weighted by molar-refractivity contribution is 0.100. The summed E-state index contributed by atoms with van der Waals surface area (Å²) in [6, 6.07) is 12.5. The van der Waals surface area contributed by atoms with E-state index in [1.54, 1.807) is 12.1 Å². The van der Waals surface area contributed by atoms with Gasteiger partial charge in [0.1, 0.15) is 17.2 Å². The van der Waals surface area contributed by atoms with Crippen LogP contribution in [-0.2, 0) is 4.57 Å². The summed E-state index contributed by atoms with van der Waals surface area (Å²) in [6.45, 7) is 0.0199. The highest BCUT2D eigenvalue weighted by molar-refractivity contribution is 8.24. The van der Waals surface area contributed by atoms with Gasteiger partial charge in [-0.2, -0.15) is 0 Å². The van der Waals surface area contributed by atoms with E-state index >= 15 is 0 Å². The molecular formula is C19H14Cl3N6O3P. The van der Waals surface area contributed by atoms with Crippen LogP contribution in [0.1, 0.15) is 10.5 Å². The average molecular weight is 512 g/mol. The molecule has 3 heterocycles. The molecule has 0 unspecified atom stereocenters. The minimum atomic E-state index is -3.22. The molecule has 0 atom stereocenters. The minimum absolute atomic E-state index is 0.0199. The molecule has 0 aliphatic rings. The fourth-order valence-corrected chi connectivity index (χ4v) is 2.56. The topological polar surface area (TPSA) is 131 Å². The molecule has 3 aromatic heterocycles. The number of ketones is 1. The van der Waals surface area contributed by atoms with E-state index in [2.05, 4.69) is 64.0 Å². The van der Waals surface area contributed by atoms with Gasteiger partial charge in [-0.05, 0) is 45.9 Å². The second-order valence-electron chi connectivity index (χ2n) is 6.11. The van der Waals surface area contributed by atoms with E-state index in [0.717, 1.165) is 0 Å². The maximum absolute atomic E-state index is 12.3. The third kappa shape index (κ3) is 7.10. The van der Waals surface area contributed by atoms with Crippen molar-refractivity contribution in [2.75, 3.05) is 11.9 Å². The Kier molecular flexibility index (Phi) is 7.93. The molecule has 13 heteroatoms. The molecule has 1 aromatic carbocycles. The Labute approximate surface area is 196 Å². The molecule has 9 nitrogen and oxygen atoms in total. The standard InChI is InChI=1S/C19H14N6O2.Cl3OP/c26-15(14-10-20-8-9-21-14)11-22-16-7-6-13-18(24-16)25-17(19(27)23-13)12-4-2-1-3-5-12;1-5(2,3)4/h1-10H,11H2,(H,23,27)(H,22,24,25);. The number of hydrogen-bond acceptors (Lipinski definition) is 8. The molecule has 0 bridgehead atoms. The number of aromatic amines is 1. The van der Waals surface area contributed by atoms with Crippen LogP contribution >= 0.6 is 38.9 Å². The normalized spacial score (nSPS) is 10.8. The lowest BCUT2D eigenvalue weighted by Gasteiger charge is -2.06. The molecular weight excluding hydrogens is 498 g/mol. The second kappa shape index (κ2) is 10.7. The number of carbonyl (C=O) groups is 1. The summed E-state index contributed by atoms with van der Waals surface area (Å²) in [6.07, 6.45) is 4.38. The molecule has 0 saturated carbocycles. The number of halogens is 3. The number of Topliss-reactive ketones (excluding diaryl/α,β-unsaturated/α-hetero) is 1. The number of anilines is 1. The summed E-state index contributed by atoms with van der Waals surface area (Å²) >= 11 is 13.8. The van der Waals surface area contributed by atoms with Gasteiger partial charge in [0, 0.05) is 18.0 Å². The van der Waals surface area contributed by atoms with E-state index < -0.39 is 5.20 Å². The van der Waals surface area contributed by atoms with Crippen LogP contribution in [0.4, 0.5) is 5.82 Å². The van der Waals surface area contributed by atoms with Crippen LogP contribution in [0.2, 0.25) is 0 Å². The molecule has 4 aromatic rings. The number of carbonyl (C=O) groups excluding carboxylic acids is 1. The third-order valence-electron chi connectivity index (χ3n) is 3.88. The number of nitrogens with zero attached hydrogens (tertiary/aromatic N) is 4. The van der Waals surface area contributed by atoms with Crippen molar-refractivity contribution in [2.45, 2.75) is 0 Å². The zero-order valence-corrected chi connectivity index (χ0v) is 19.2. The molecule has 0 fully saturated rings. The SMILES string of the molecule is O=C(CNc1ccc2[nH]c(=O)c(-c3ccccc3)nc2n1)c1cnccn1.O=P(Cl)(Cl)Cl. The van der Waals surface area contributed by atoms with Crippen molar-refractivity contribution in [3.63, 3.8) is 0 Å². The first kappa shape index (κ1) is 23.8. The first-order chi connectivity index (χ1) is 15.2. The first-order valence-corrected chi connectivity index (χ1v) is 13.3. The molecule has 0 radical (unpaired) electrons. The molecule has 0 saturated heterocycles. The predicted molar refractivity (Wildman–Crippen MR) is 126 cm³/mol. The summed E-state index contributed by atoms with van der Waals surface area (Å²) in [5, 5.41) is -0.274. The number of nitrogens with one attached hydrogen (secondary N) is 2. The van der Waals surface area contributed by atoms with E-state index in [1.807, 2.05) is 30.3 Å². The van der Waals surface area contributed by atoms with Gasteiger partial charge < -0.3 is 10.3 Å². The van der Waals surface area contributed by atoms with Crippen LogP contribution in [0, 0.1) is 0 Å². The lowest BCUT2D eigenvalue weighted by Crippen LogP contribution is -2.17. The molecule has 2 N–H and O–H groups in total. The van der Waals surface area contributed by atoms with Crippen LogP contribution in [-0.4, -0.2) is 37.2 Å². The number of benzene rings is 1. The highest BCUT2D eigenvalue weighted by atomic mass is 36.0. The fourth-order valence-electron chi connectivity index (χ4n) is 2.56. The Hall–Kier alpha value is -2.84. The monoisotopic (exact) mass is 510 g/mol. The summed E-state index contributed by atoms with van der Waals surface area (Å²) in [4.78, 5) is 43.8. The maximum atomic E-state index is 12.3. The van der Waals surface area contributed by atoms with E-state index in [4.69, 9.17) is 0 Å². The van der Waals surface area contributed by atoms with Crippen LogP contribution in [0.5, 0.6) is 0 Å². The van der Waals surface area contributed by atoms with Crippen molar-refractivity contribution in [3.8, 4) is 11.3 Å². The highest BCUT2D eigenvalue weighted by Gasteiger charge is 2.10. The van der Waals surface area contributed by atoms with Gasteiger partial charge in [-0.1, -0.05) is 30.3 Å². The number of fused-ring (bicyclic) bond motifs is 1. The zero-order chi connectivity index (χ0) is 23.1. The van der Waals surface area contributed by atoms with Crippen molar-refractivity contribution in [1.82, 2.24) is 24.9 Å². The van der Waals surface area contributed by atoms with Gasteiger partial charge in [0.2, 0.25) is 5.78 Å². The van der Waals surface area contributed by atoms with Gasteiger partial charge in [-0.15, -0.1) is 0 Å². The van der Waals surface area contributed by atoms with Gasteiger partial charge in [0.25, 0.3) is 5.56 Å². The van der Waals surface area contributed by atoms with Crippen molar-refractivity contribution in [2.24, 2.45) is 0 Å². The van der Waals surface area contributed by atoms with Crippen molar-refractivity contribution in [1.29, 1.82) is 0 Å². The number of rotatable bonds is 5. The molecule has 0 amide bonds.